The molecule has 4 nitrogen and oxygen atoms in total. The second-order valence-corrected chi connectivity index (χ2v) is 2.96. The Bertz CT molecular complexity index is 412. The average molecular weight is 215 g/mol. The third-order valence-electron chi connectivity index (χ3n) is 1.45. The maximum Gasteiger partial charge on any atom is 0.223 e. The van der Waals surface area contributed by atoms with Crippen molar-refractivity contribution < 1.29 is 0 Å². The molecule has 2 aromatic heterocycles. The summed E-state index contributed by atoms with van der Waals surface area (Å²) in [5.41, 5.74) is 0.607. The first-order valence-corrected chi connectivity index (χ1v) is 4.21. The fourth-order valence-corrected chi connectivity index (χ4v) is 1.29. The van der Waals surface area contributed by atoms with E-state index < -0.39 is 0 Å². The van der Waals surface area contributed by atoms with Crippen molar-refractivity contribution >= 4 is 23.2 Å². The van der Waals surface area contributed by atoms with Crippen LogP contribution >= 0.6 is 23.2 Å². The molecule has 0 spiro atoms. The van der Waals surface area contributed by atoms with Crippen LogP contribution in [-0.2, 0) is 0 Å². The minimum Gasteiger partial charge on any atom is -0.236 e. The molecule has 2 heterocycles. The fourth-order valence-electron chi connectivity index (χ4n) is 0.900. The molecule has 0 aliphatic heterocycles. The largest absolute Gasteiger partial charge is 0.236 e. The molecule has 66 valence electrons. The van der Waals surface area contributed by atoms with Crippen molar-refractivity contribution in [3.05, 3.63) is 35.1 Å². The van der Waals surface area contributed by atoms with Crippen LogP contribution in [0.15, 0.2) is 24.7 Å². The minimum atomic E-state index is 0.126. The highest BCUT2D eigenvalue weighted by Crippen LogP contribution is 2.17. The van der Waals surface area contributed by atoms with Crippen molar-refractivity contribution in [2.75, 3.05) is 0 Å². The van der Waals surface area contributed by atoms with Gasteiger partial charge in [-0.1, -0.05) is 11.6 Å². The monoisotopic (exact) mass is 214 g/mol. The van der Waals surface area contributed by atoms with Gasteiger partial charge in [-0.2, -0.15) is 5.10 Å². The molecule has 13 heavy (non-hydrogen) atoms. The van der Waals surface area contributed by atoms with E-state index >= 15 is 0 Å². The minimum absolute atomic E-state index is 0.126. The maximum absolute atomic E-state index is 5.82. The lowest BCUT2D eigenvalue weighted by Crippen LogP contribution is -1.98. The fraction of sp³-hybridized carbons (Fsp3) is 0. The quantitative estimate of drug-likeness (QED) is 0.539. The van der Waals surface area contributed by atoms with Gasteiger partial charge in [-0.15, -0.1) is 0 Å². The summed E-state index contributed by atoms with van der Waals surface area (Å²) >= 11 is 11.4. The molecule has 0 unspecified atom stereocenters. The summed E-state index contributed by atoms with van der Waals surface area (Å²) in [6.45, 7) is 0. The van der Waals surface area contributed by atoms with Crippen molar-refractivity contribution in [3.8, 4) is 5.69 Å². The third-order valence-corrected chi connectivity index (χ3v) is 1.91. The van der Waals surface area contributed by atoms with Crippen molar-refractivity contribution in [2.45, 2.75) is 0 Å². The molecule has 0 saturated heterocycles. The molecule has 0 aliphatic rings. The zero-order valence-corrected chi connectivity index (χ0v) is 7.87. The van der Waals surface area contributed by atoms with Crippen molar-refractivity contribution in [2.24, 2.45) is 0 Å². The number of aromatic nitrogens is 4. The lowest BCUT2D eigenvalue weighted by molar-refractivity contribution is 0.864. The highest BCUT2D eigenvalue weighted by atomic mass is 35.5. The summed E-state index contributed by atoms with van der Waals surface area (Å²) in [5, 5.41) is 4.39. The molecule has 0 N–H and O–H groups in total. The van der Waals surface area contributed by atoms with Crippen molar-refractivity contribution in [1.82, 2.24) is 19.7 Å². The molecule has 2 aromatic rings. The first kappa shape index (κ1) is 8.47. The molecule has 0 aliphatic carbocycles. The van der Waals surface area contributed by atoms with Gasteiger partial charge >= 0.3 is 0 Å². The normalized spacial score (nSPS) is 10.3. The van der Waals surface area contributed by atoms with Crippen LogP contribution in [0.3, 0.4) is 0 Å². The first-order chi connectivity index (χ1) is 6.27. The van der Waals surface area contributed by atoms with Gasteiger partial charge in [0.1, 0.15) is 5.69 Å². The Balaban J connectivity index is 2.53. The van der Waals surface area contributed by atoms with E-state index in [9.17, 15) is 0 Å². The standard InChI is InChI=1S/C7H4Cl2N4/c8-6-5(4-10-7(9)12-6)13-3-1-2-11-13/h1-4H. The van der Waals surface area contributed by atoms with Gasteiger partial charge in [0.25, 0.3) is 0 Å². The molecule has 0 amide bonds. The summed E-state index contributed by atoms with van der Waals surface area (Å²) in [4.78, 5) is 7.59. The van der Waals surface area contributed by atoms with E-state index in [1.165, 1.54) is 6.20 Å². The van der Waals surface area contributed by atoms with Crippen LogP contribution in [0.4, 0.5) is 0 Å². The van der Waals surface area contributed by atoms with Gasteiger partial charge in [0.05, 0.1) is 6.20 Å². The summed E-state index contributed by atoms with van der Waals surface area (Å²) < 4.78 is 1.57. The maximum atomic E-state index is 5.82. The summed E-state index contributed by atoms with van der Waals surface area (Å²) in [5.74, 6) is 0. The van der Waals surface area contributed by atoms with E-state index in [1.54, 1.807) is 23.1 Å². The summed E-state index contributed by atoms with van der Waals surface area (Å²) in [6.07, 6.45) is 4.91. The second kappa shape index (κ2) is 3.32. The Kier molecular flexibility index (Phi) is 2.16. The highest BCUT2D eigenvalue weighted by molar-refractivity contribution is 6.32. The topological polar surface area (TPSA) is 43.6 Å². The van der Waals surface area contributed by atoms with Gasteiger partial charge in [0.15, 0.2) is 5.15 Å². The molecule has 0 radical (unpaired) electrons. The zero-order chi connectivity index (χ0) is 9.26. The Morgan fingerprint density at radius 1 is 1.31 bits per heavy atom. The summed E-state index contributed by atoms with van der Waals surface area (Å²) in [6, 6.07) is 1.78. The van der Waals surface area contributed by atoms with Crippen LogP contribution in [0.25, 0.3) is 5.69 Å². The lowest BCUT2D eigenvalue weighted by atomic mass is 10.5. The zero-order valence-electron chi connectivity index (χ0n) is 6.35. The van der Waals surface area contributed by atoms with E-state index in [0.29, 0.717) is 5.69 Å². The Hall–Kier alpha value is -1.13. The van der Waals surface area contributed by atoms with Crippen molar-refractivity contribution in [3.63, 3.8) is 0 Å². The van der Waals surface area contributed by atoms with Crippen LogP contribution < -0.4 is 0 Å². The molecular formula is C7H4Cl2N4. The van der Waals surface area contributed by atoms with E-state index in [4.69, 9.17) is 23.2 Å². The van der Waals surface area contributed by atoms with Gasteiger partial charge < -0.3 is 0 Å². The molecule has 0 atom stereocenters. The number of rotatable bonds is 1. The van der Waals surface area contributed by atoms with Gasteiger partial charge in [-0.05, 0) is 17.7 Å². The number of nitrogens with zero attached hydrogens (tertiary/aromatic N) is 4. The third kappa shape index (κ3) is 1.64. The highest BCUT2D eigenvalue weighted by Gasteiger charge is 2.05. The lowest BCUT2D eigenvalue weighted by Gasteiger charge is -2.01. The average Bonchev–Trinajstić information content (AvgIpc) is 2.56. The molecule has 0 saturated carbocycles. The number of hydrogen-bond donors (Lipinski definition) is 0. The SMILES string of the molecule is Clc1ncc(-n2cccn2)c(Cl)n1. The van der Waals surface area contributed by atoms with Gasteiger partial charge in [-0.25, -0.2) is 14.6 Å². The Labute approximate surface area is 84.1 Å². The molecule has 0 aromatic carbocycles. The predicted octanol–water partition coefficient (Wildman–Crippen LogP) is 1.97. The molecule has 2 rings (SSSR count). The van der Waals surface area contributed by atoms with Crippen molar-refractivity contribution in [1.29, 1.82) is 0 Å². The Morgan fingerprint density at radius 3 is 2.77 bits per heavy atom. The number of hydrogen-bond acceptors (Lipinski definition) is 3. The van der Waals surface area contributed by atoms with E-state index in [1.807, 2.05) is 0 Å². The molecule has 0 fully saturated rings. The first-order valence-electron chi connectivity index (χ1n) is 3.45. The van der Waals surface area contributed by atoms with E-state index in [2.05, 4.69) is 15.1 Å². The van der Waals surface area contributed by atoms with Crippen LogP contribution in [0, 0.1) is 0 Å². The van der Waals surface area contributed by atoms with Crippen LogP contribution in [-0.4, -0.2) is 19.7 Å². The van der Waals surface area contributed by atoms with Gasteiger partial charge in [-0.3, -0.25) is 0 Å². The van der Waals surface area contributed by atoms with Crippen LogP contribution in [0.1, 0.15) is 0 Å². The smallest absolute Gasteiger partial charge is 0.223 e. The van der Waals surface area contributed by atoms with E-state index in [-0.39, 0.29) is 10.4 Å². The predicted molar refractivity (Wildman–Crippen MR) is 49.2 cm³/mol. The number of halogens is 2. The van der Waals surface area contributed by atoms with E-state index in [0.717, 1.165) is 0 Å². The molecule has 0 bridgehead atoms. The second-order valence-electron chi connectivity index (χ2n) is 2.27. The van der Waals surface area contributed by atoms with Gasteiger partial charge in [0, 0.05) is 12.4 Å². The molecular weight excluding hydrogens is 211 g/mol. The molecule has 6 heteroatoms. The van der Waals surface area contributed by atoms with Gasteiger partial charge in [0.2, 0.25) is 5.28 Å². The van der Waals surface area contributed by atoms with Crippen LogP contribution in [0.2, 0.25) is 10.4 Å². The summed E-state index contributed by atoms with van der Waals surface area (Å²) in [7, 11) is 0. The Morgan fingerprint density at radius 2 is 2.15 bits per heavy atom. The van der Waals surface area contributed by atoms with Crippen LogP contribution in [0.5, 0.6) is 0 Å².